The molecule has 0 aliphatic heterocycles. The molecule has 1 aliphatic carbocycles. The van der Waals surface area contributed by atoms with Crippen LogP contribution in [0.3, 0.4) is 0 Å². The Kier molecular flexibility index (Phi) is 6.04. The number of hydrogen-bond acceptors (Lipinski definition) is 10. The van der Waals surface area contributed by atoms with Gasteiger partial charge in [0.1, 0.15) is 17.8 Å². The van der Waals surface area contributed by atoms with Crippen molar-refractivity contribution in [3.8, 4) is 16.5 Å². The van der Waals surface area contributed by atoms with Gasteiger partial charge in [0.05, 0.1) is 41.4 Å². The number of aromatic nitrogens is 5. The average molecular weight is 462 g/mol. The number of anilines is 1. The predicted octanol–water partition coefficient (Wildman–Crippen LogP) is 1.62. The maximum atomic E-state index is 12.5. The monoisotopic (exact) mass is 461 g/mol. The van der Waals surface area contributed by atoms with Crippen molar-refractivity contribution in [2.45, 2.75) is 31.6 Å². The van der Waals surface area contributed by atoms with E-state index in [-0.39, 0.29) is 28.5 Å². The van der Waals surface area contributed by atoms with Crippen molar-refractivity contribution in [1.29, 1.82) is 0 Å². The van der Waals surface area contributed by atoms with Crippen LogP contribution in [-0.4, -0.2) is 51.1 Å². The molecule has 0 unspecified atom stereocenters. The Bertz CT molecular complexity index is 1190. The van der Waals surface area contributed by atoms with E-state index in [2.05, 4.69) is 35.0 Å². The lowest BCUT2D eigenvalue weighted by atomic mass is 10.4. The molecule has 11 nitrogen and oxygen atoms in total. The van der Waals surface area contributed by atoms with Crippen LogP contribution in [0.5, 0.6) is 5.88 Å². The standard InChI is InChI=1S/C18H19N7O4S2/c1-2-29-16-9-19-7-13(24-16)14-8-21-18(30-14)17(26)20-6-11-5-15(23-10-22-11)25-31(27,28)12-3-4-12/h5,7-10,12H,2-4,6H2,1H3,(H,20,26)(H,22,23,25). The van der Waals surface area contributed by atoms with Crippen LogP contribution in [0.25, 0.3) is 10.6 Å². The average Bonchev–Trinajstić information content (AvgIpc) is 3.51. The Morgan fingerprint density at radius 1 is 1.23 bits per heavy atom. The maximum absolute atomic E-state index is 12.5. The molecule has 162 valence electrons. The minimum atomic E-state index is -3.42. The van der Waals surface area contributed by atoms with Crippen LogP contribution in [0, 0.1) is 0 Å². The summed E-state index contributed by atoms with van der Waals surface area (Å²) in [4.78, 5) is 33.7. The predicted molar refractivity (Wildman–Crippen MR) is 113 cm³/mol. The molecule has 0 saturated heterocycles. The van der Waals surface area contributed by atoms with Crippen molar-refractivity contribution >= 4 is 33.1 Å². The lowest BCUT2D eigenvalue weighted by Gasteiger charge is -2.07. The fourth-order valence-electron chi connectivity index (χ4n) is 2.59. The molecule has 3 aromatic rings. The van der Waals surface area contributed by atoms with Gasteiger partial charge >= 0.3 is 0 Å². The lowest BCUT2D eigenvalue weighted by molar-refractivity contribution is 0.0950. The summed E-state index contributed by atoms with van der Waals surface area (Å²) in [5, 5.41) is 2.61. The zero-order valence-electron chi connectivity index (χ0n) is 16.5. The first kappa shape index (κ1) is 21.1. The lowest BCUT2D eigenvalue weighted by Crippen LogP contribution is -2.23. The number of hydrogen-bond donors (Lipinski definition) is 2. The molecule has 1 saturated carbocycles. The van der Waals surface area contributed by atoms with Gasteiger partial charge in [-0.25, -0.2) is 28.4 Å². The van der Waals surface area contributed by atoms with E-state index in [4.69, 9.17) is 4.74 Å². The Labute approximate surface area is 182 Å². The summed E-state index contributed by atoms with van der Waals surface area (Å²) in [7, 11) is -3.42. The van der Waals surface area contributed by atoms with Crippen molar-refractivity contribution < 1.29 is 17.9 Å². The Morgan fingerprint density at radius 2 is 2.06 bits per heavy atom. The molecule has 3 aromatic heterocycles. The number of nitrogens with one attached hydrogen (secondary N) is 2. The van der Waals surface area contributed by atoms with Gasteiger partial charge in [0.25, 0.3) is 5.91 Å². The number of carbonyl (C=O) groups is 1. The second-order valence-electron chi connectivity index (χ2n) is 6.63. The van der Waals surface area contributed by atoms with Gasteiger partial charge in [0, 0.05) is 12.3 Å². The summed E-state index contributed by atoms with van der Waals surface area (Å²) in [5.41, 5.74) is 1.02. The number of nitrogens with zero attached hydrogens (tertiary/aromatic N) is 5. The smallest absolute Gasteiger partial charge is 0.280 e. The molecule has 0 radical (unpaired) electrons. The van der Waals surface area contributed by atoms with Crippen molar-refractivity contribution in [3.05, 3.63) is 41.7 Å². The number of sulfonamides is 1. The molecule has 2 N–H and O–H groups in total. The van der Waals surface area contributed by atoms with Crippen LogP contribution in [0.4, 0.5) is 5.82 Å². The Hall–Kier alpha value is -3.19. The topological polar surface area (TPSA) is 149 Å². The highest BCUT2D eigenvalue weighted by molar-refractivity contribution is 7.93. The Morgan fingerprint density at radius 3 is 2.84 bits per heavy atom. The number of ether oxygens (including phenoxy) is 1. The largest absolute Gasteiger partial charge is 0.477 e. The van der Waals surface area contributed by atoms with Gasteiger partial charge in [-0.2, -0.15) is 0 Å². The van der Waals surface area contributed by atoms with Gasteiger partial charge in [-0.1, -0.05) is 0 Å². The van der Waals surface area contributed by atoms with E-state index in [1.165, 1.54) is 29.9 Å². The molecule has 0 bridgehead atoms. The Balaban J connectivity index is 1.38. The number of rotatable bonds is 9. The van der Waals surface area contributed by atoms with Gasteiger partial charge in [-0.15, -0.1) is 11.3 Å². The quantitative estimate of drug-likeness (QED) is 0.485. The molecular formula is C18H19N7O4S2. The number of thiazole rings is 1. The highest BCUT2D eigenvalue weighted by Gasteiger charge is 2.36. The molecule has 0 spiro atoms. The molecule has 1 aliphatic rings. The number of amides is 1. The third-order valence-corrected chi connectivity index (χ3v) is 7.08. The first-order chi connectivity index (χ1) is 14.9. The molecule has 0 aromatic carbocycles. The van der Waals surface area contributed by atoms with E-state index >= 15 is 0 Å². The zero-order valence-corrected chi connectivity index (χ0v) is 18.1. The van der Waals surface area contributed by atoms with Crippen molar-refractivity contribution in [2.24, 2.45) is 0 Å². The zero-order chi connectivity index (χ0) is 21.8. The first-order valence-corrected chi connectivity index (χ1v) is 11.8. The summed E-state index contributed by atoms with van der Waals surface area (Å²) in [6, 6.07) is 1.49. The van der Waals surface area contributed by atoms with Gasteiger partial charge in [0.15, 0.2) is 5.01 Å². The van der Waals surface area contributed by atoms with Gasteiger partial charge < -0.3 is 10.1 Å². The van der Waals surface area contributed by atoms with Crippen LogP contribution in [0.15, 0.2) is 31.0 Å². The molecule has 1 amide bonds. The van der Waals surface area contributed by atoms with Crippen LogP contribution in [0.1, 0.15) is 35.3 Å². The third-order valence-electron chi connectivity index (χ3n) is 4.22. The highest BCUT2D eigenvalue weighted by Crippen LogP contribution is 2.29. The number of carbonyl (C=O) groups excluding carboxylic acids is 1. The summed E-state index contributed by atoms with van der Waals surface area (Å²) < 4.78 is 31.9. The van der Waals surface area contributed by atoms with Crippen molar-refractivity contribution in [1.82, 2.24) is 30.2 Å². The van der Waals surface area contributed by atoms with E-state index in [0.29, 0.717) is 41.6 Å². The molecule has 13 heteroatoms. The summed E-state index contributed by atoms with van der Waals surface area (Å²) in [5.74, 6) is 0.190. The SMILES string of the molecule is CCOc1cncc(-c2cnc(C(=O)NCc3cc(NS(=O)(=O)C4CC4)ncn3)s2)n1. The minimum Gasteiger partial charge on any atom is -0.477 e. The van der Waals surface area contributed by atoms with Gasteiger partial charge in [0.2, 0.25) is 15.9 Å². The maximum Gasteiger partial charge on any atom is 0.280 e. The highest BCUT2D eigenvalue weighted by atomic mass is 32.2. The van der Waals surface area contributed by atoms with E-state index in [0.717, 1.165) is 0 Å². The van der Waals surface area contributed by atoms with Crippen LogP contribution in [0.2, 0.25) is 0 Å². The molecule has 31 heavy (non-hydrogen) atoms. The molecule has 3 heterocycles. The third kappa shape index (κ3) is 5.30. The van der Waals surface area contributed by atoms with Gasteiger partial charge in [-0.3, -0.25) is 14.5 Å². The fraction of sp³-hybridized carbons (Fsp3) is 0.333. The van der Waals surface area contributed by atoms with E-state index < -0.39 is 10.0 Å². The van der Waals surface area contributed by atoms with E-state index in [9.17, 15) is 13.2 Å². The first-order valence-electron chi connectivity index (χ1n) is 9.46. The second kappa shape index (κ2) is 8.89. The summed E-state index contributed by atoms with van der Waals surface area (Å²) in [6.45, 7) is 2.42. The fourth-order valence-corrected chi connectivity index (χ4v) is 4.70. The molecule has 1 fully saturated rings. The molecule has 0 atom stereocenters. The van der Waals surface area contributed by atoms with E-state index in [1.54, 1.807) is 12.4 Å². The van der Waals surface area contributed by atoms with Crippen LogP contribution < -0.4 is 14.8 Å². The van der Waals surface area contributed by atoms with Gasteiger partial charge in [-0.05, 0) is 19.8 Å². The van der Waals surface area contributed by atoms with Crippen LogP contribution >= 0.6 is 11.3 Å². The van der Waals surface area contributed by atoms with Crippen molar-refractivity contribution in [3.63, 3.8) is 0 Å². The van der Waals surface area contributed by atoms with E-state index in [1.807, 2.05) is 6.92 Å². The molecule has 4 rings (SSSR count). The normalized spacial score (nSPS) is 13.6. The van der Waals surface area contributed by atoms with Crippen molar-refractivity contribution in [2.75, 3.05) is 11.3 Å². The second-order valence-corrected chi connectivity index (χ2v) is 9.62. The van der Waals surface area contributed by atoms with Crippen LogP contribution in [-0.2, 0) is 16.6 Å². The minimum absolute atomic E-state index is 0.0913. The summed E-state index contributed by atoms with van der Waals surface area (Å²) >= 11 is 1.17. The molecular weight excluding hydrogens is 442 g/mol. The summed E-state index contributed by atoms with van der Waals surface area (Å²) in [6.07, 6.45) is 7.19.